The van der Waals surface area contributed by atoms with Crippen molar-refractivity contribution in [3.63, 3.8) is 0 Å². The zero-order valence-corrected chi connectivity index (χ0v) is 11.9. The number of anilines is 1. The first-order valence-electron chi connectivity index (χ1n) is 6.61. The molecule has 106 valence electrons. The van der Waals surface area contributed by atoms with Crippen molar-refractivity contribution in [3.05, 3.63) is 48.0 Å². The van der Waals surface area contributed by atoms with Gasteiger partial charge in [0.25, 0.3) is 0 Å². The summed E-state index contributed by atoms with van der Waals surface area (Å²) in [5, 5.41) is 0. The second kappa shape index (κ2) is 6.23. The predicted molar refractivity (Wildman–Crippen MR) is 78.9 cm³/mol. The number of nitrogens with zero attached hydrogens (tertiary/aromatic N) is 3. The number of aryl methyl sites for hydroxylation is 2. The number of nitrogen functional groups attached to an aromatic ring is 1. The van der Waals surface area contributed by atoms with Crippen molar-refractivity contribution in [1.82, 2.24) is 14.5 Å². The van der Waals surface area contributed by atoms with Crippen LogP contribution in [-0.2, 0) is 24.8 Å². The Balaban J connectivity index is 1.87. The number of hydrogen-bond donors (Lipinski definition) is 1. The highest BCUT2D eigenvalue weighted by Gasteiger charge is 2.11. The van der Waals surface area contributed by atoms with Gasteiger partial charge < -0.3 is 15.2 Å². The van der Waals surface area contributed by atoms with Gasteiger partial charge in [0.05, 0.1) is 6.54 Å². The van der Waals surface area contributed by atoms with Gasteiger partial charge in [0.15, 0.2) is 0 Å². The molecular weight excluding hydrogens is 252 g/mol. The average molecular weight is 272 g/mol. The number of imidazole rings is 1. The zero-order valence-electron chi connectivity index (χ0n) is 11.9. The van der Waals surface area contributed by atoms with Crippen LogP contribution < -0.4 is 5.73 Å². The highest BCUT2D eigenvalue weighted by Crippen LogP contribution is 2.10. The molecule has 0 aliphatic rings. The summed E-state index contributed by atoms with van der Waals surface area (Å²) in [5.41, 5.74) is 7.54. The Morgan fingerprint density at radius 3 is 2.90 bits per heavy atom. The molecule has 0 radical (unpaired) electrons. The van der Waals surface area contributed by atoms with Crippen molar-refractivity contribution in [2.24, 2.45) is 7.05 Å². The molecule has 1 aromatic carbocycles. The van der Waals surface area contributed by atoms with Gasteiger partial charge in [-0.05, 0) is 24.1 Å². The predicted octanol–water partition coefficient (Wildman–Crippen LogP) is 1.59. The number of rotatable bonds is 5. The molecule has 0 fully saturated rings. The molecule has 0 saturated heterocycles. The minimum Gasteiger partial charge on any atom is -0.399 e. The van der Waals surface area contributed by atoms with Crippen LogP contribution in [0, 0.1) is 0 Å². The molecule has 0 bridgehead atoms. The summed E-state index contributed by atoms with van der Waals surface area (Å²) in [6.45, 7) is 0.527. The Morgan fingerprint density at radius 1 is 1.45 bits per heavy atom. The number of benzene rings is 1. The number of amides is 1. The molecule has 1 heterocycles. The van der Waals surface area contributed by atoms with Crippen molar-refractivity contribution in [1.29, 1.82) is 0 Å². The minimum atomic E-state index is 0.107. The fraction of sp³-hybridized carbons (Fsp3) is 0.333. The minimum absolute atomic E-state index is 0.107. The van der Waals surface area contributed by atoms with Gasteiger partial charge in [-0.1, -0.05) is 12.1 Å². The van der Waals surface area contributed by atoms with E-state index in [4.69, 9.17) is 5.73 Å². The van der Waals surface area contributed by atoms with Crippen LogP contribution in [0.4, 0.5) is 5.69 Å². The van der Waals surface area contributed by atoms with E-state index in [0.29, 0.717) is 19.4 Å². The molecule has 2 N–H and O–H groups in total. The van der Waals surface area contributed by atoms with Gasteiger partial charge in [-0.25, -0.2) is 4.98 Å². The lowest BCUT2D eigenvalue weighted by Crippen LogP contribution is -2.27. The summed E-state index contributed by atoms with van der Waals surface area (Å²) < 4.78 is 1.92. The van der Waals surface area contributed by atoms with E-state index in [1.54, 1.807) is 18.1 Å². The molecule has 0 spiro atoms. The topological polar surface area (TPSA) is 64.2 Å². The van der Waals surface area contributed by atoms with E-state index < -0.39 is 0 Å². The van der Waals surface area contributed by atoms with Crippen molar-refractivity contribution >= 4 is 11.6 Å². The summed E-state index contributed by atoms with van der Waals surface area (Å²) in [6.07, 6.45) is 4.79. The summed E-state index contributed by atoms with van der Waals surface area (Å²) >= 11 is 0. The van der Waals surface area contributed by atoms with Gasteiger partial charge in [0.2, 0.25) is 5.91 Å². The van der Waals surface area contributed by atoms with E-state index in [0.717, 1.165) is 17.1 Å². The van der Waals surface area contributed by atoms with Gasteiger partial charge in [-0.15, -0.1) is 0 Å². The van der Waals surface area contributed by atoms with Crippen LogP contribution >= 0.6 is 0 Å². The maximum atomic E-state index is 12.1. The fourth-order valence-electron chi connectivity index (χ4n) is 2.04. The van der Waals surface area contributed by atoms with Crippen LogP contribution in [0.3, 0.4) is 0 Å². The molecule has 0 aliphatic carbocycles. The summed E-state index contributed by atoms with van der Waals surface area (Å²) in [4.78, 5) is 18.0. The van der Waals surface area contributed by atoms with Crippen molar-refractivity contribution in [2.45, 2.75) is 19.4 Å². The highest BCUT2D eigenvalue weighted by molar-refractivity contribution is 5.76. The number of carbonyl (C=O) groups is 1. The van der Waals surface area contributed by atoms with Gasteiger partial charge in [0, 0.05) is 38.6 Å². The molecule has 0 atom stereocenters. The van der Waals surface area contributed by atoms with Crippen LogP contribution in [-0.4, -0.2) is 27.4 Å². The van der Waals surface area contributed by atoms with Gasteiger partial charge in [-0.2, -0.15) is 0 Å². The smallest absolute Gasteiger partial charge is 0.223 e. The first-order chi connectivity index (χ1) is 9.56. The van der Waals surface area contributed by atoms with E-state index in [2.05, 4.69) is 4.98 Å². The molecule has 5 nitrogen and oxygen atoms in total. The second-order valence-corrected chi connectivity index (χ2v) is 4.95. The third-order valence-corrected chi connectivity index (χ3v) is 3.30. The molecule has 2 rings (SSSR count). The first kappa shape index (κ1) is 14.1. The molecule has 0 aliphatic heterocycles. The van der Waals surface area contributed by atoms with Crippen LogP contribution in [0.5, 0.6) is 0 Å². The number of aromatic nitrogens is 2. The lowest BCUT2D eigenvalue weighted by atomic mass is 10.1. The van der Waals surface area contributed by atoms with Crippen LogP contribution in [0.2, 0.25) is 0 Å². The standard InChI is InChI=1S/C15H20N4O/c1-18-9-8-17-14(18)11-19(2)15(20)7-6-12-4-3-5-13(16)10-12/h3-5,8-10H,6-7,11,16H2,1-2H3. The monoisotopic (exact) mass is 272 g/mol. The summed E-state index contributed by atoms with van der Waals surface area (Å²) in [6, 6.07) is 7.65. The van der Waals surface area contributed by atoms with Crippen LogP contribution in [0.15, 0.2) is 36.7 Å². The van der Waals surface area contributed by atoms with E-state index in [1.807, 2.05) is 42.1 Å². The summed E-state index contributed by atoms with van der Waals surface area (Å²) in [5.74, 6) is 0.986. The third kappa shape index (κ3) is 3.60. The molecule has 0 saturated carbocycles. The van der Waals surface area contributed by atoms with Crippen molar-refractivity contribution in [2.75, 3.05) is 12.8 Å². The Hall–Kier alpha value is -2.30. The Labute approximate surface area is 119 Å². The molecule has 2 aromatic rings. The lowest BCUT2D eigenvalue weighted by Gasteiger charge is -2.17. The maximum Gasteiger partial charge on any atom is 0.223 e. The molecule has 20 heavy (non-hydrogen) atoms. The lowest BCUT2D eigenvalue weighted by molar-refractivity contribution is -0.130. The van der Waals surface area contributed by atoms with Gasteiger partial charge in [0.1, 0.15) is 5.82 Å². The largest absolute Gasteiger partial charge is 0.399 e. The van der Waals surface area contributed by atoms with Gasteiger partial charge >= 0.3 is 0 Å². The third-order valence-electron chi connectivity index (χ3n) is 3.30. The molecule has 0 unspecified atom stereocenters. The van der Waals surface area contributed by atoms with E-state index in [9.17, 15) is 4.79 Å². The van der Waals surface area contributed by atoms with Gasteiger partial charge in [-0.3, -0.25) is 4.79 Å². The Bertz CT molecular complexity index is 591. The SMILES string of the molecule is CN(Cc1nccn1C)C(=O)CCc1cccc(N)c1. The molecule has 1 aromatic heterocycles. The van der Waals surface area contributed by atoms with Crippen LogP contribution in [0.1, 0.15) is 17.8 Å². The highest BCUT2D eigenvalue weighted by atomic mass is 16.2. The van der Waals surface area contributed by atoms with Crippen molar-refractivity contribution in [3.8, 4) is 0 Å². The summed E-state index contributed by atoms with van der Waals surface area (Å²) in [7, 11) is 3.73. The first-order valence-corrected chi connectivity index (χ1v) is 6.61. The Kier molecular flexibility index (Phi) is 4.40. The zero-order chi connectivity index (χ0) is 14.5. The number of nitrogens with two attached hydrogens (primary N) is 1. The number of hydrogen-bond acceptors (Lipinski definition) is 3. The fourth-order valence-corrected chi connectivity index (χ4v) is 2.04. The second-order valence-electron chi connectivity index (χ2n) is 4.95. The van der Waals surface area contributed by atoms with E-state index in [-0.39, 0.29) is 5.91 Å². The van der Waals surface area contributed by atoms with E-state index >= 15 is 0 Å². The normalized spacial score (nSPS) is 10.5. The Morgan fingerprint density at radius 2 is 2.25 bits per heavy atom. The maximum absolute atomic E-state index is 12.1. The molecule has 1 amide bonds. The quantitative estimate of drug-likeness (QED) is 0.841. The van der Waals surface area contributed by atoms with Crippen molar-refractivity contribution < 1.29 is 4.79 Å². The molecule has 5 heteroatoms. The number of carbonyl (C=O) groups excluding carboxylic acids is 1. The molecular formula is C15H20N4O. The average Bonchev–Trinajstić information content (AvgIpc) is 2.81. The van der Waals surface area contributed by atoms with E-state index in [1.165, 1.54) is 0 Å². The van der Waals surface area contributed by atoms with Crippen LogP contribution in [0.25, 0.3) is 0 Å².